The number of hydrogen-bond donors (Lipinski definition) is 2. The normalized spacial score (nSPS) is 17.9. The second-order valence-corrected chi connectivity index (χ2v) is 10.6. The average molecular weight is 556 g/mol. The van der Waals surface area contributed by atoms with Gasteiger partial charge in [0.15, 0.2) is 5.82 Å². The number of fused-ring (bicyclic) bond motifs is 1. The highest BCUT2D eigenvalue weighted by Crippen LogP contribution is 2.38. The maximum Gasteiger partial charge on any atom is 0.251 e. The number of benzene rings is 2. The number of carbonyl (C=O) groups excluding carboxylic acids is 2. The van der Waals surface area contributed by atoms with E-state index in [1.807, 2.05) is 35.2 Å². The van der Waals surface area contributed by atoms with Crippen molar-refractivity contribution < 1.29 is 14.3 Å². The highest BCUT2D eigenvalue weighted by Gasteiger charge is 2.33. The van der Waals surface area contributed by atoms with Crippen LogP contribution in [0.15, 0.2) is 67.4 Å². The molecule has 1 atom stereocenters. The van der Waals surface area contributed by atoms with Gasteiger partial charge >= 0.3 is 0 Å². The molecule has 2 amide bonds. The summed E-state index contributed by atoms with van der Waals surface area (Å²) in [5.41, 5.74) is 2.69. The van der Waals surface area contributed by atoms with Gasteiger partial charge in [-0.05, 0) is 69.7 Å². The lowest BCUT2D eigenvalue weighted by atomic mass is 10.0. The van der Waals surface area contributed by atoms with Gasteiger partial charge in [-0.1, -0.05) is 24.3 Å². The van der Waals surface area contributed by atoms with Crippen LogP contribution < -0.4 is 25.2 Å². The van der Waals surface area contributed by atoms with Crippen molar-refractivity contribution in [2.75, 3.05) is 56.0 Å². The molecule has 5 rings (SSSR count). The molecular formula is C31H37N7O3. The molecule has 10 heteroatoms. The van der Waals surface area contributed by atoms with Crippen molar-refractivity contribution in [3.05, 3.63) is 72.9 Å². The number of allylic oxidation sites excluding steroid dienone is 1. The summed E-state index contributed by atoms with van der Waals surface area (Å²) in [6, 6.07) is 15.3. The molecule has 214 valence electrons. The van der Waals surface area contributed by atoms with Gasteiger partial charge < -0.3 is 30.1 Å². The van der Waals surface area contributed by atoms with Crippen molar-refractivity contribution in [2.24, 2.45) is 5.92 Å². The first-order valence-corrected chi connectivity index (χ1v) is 13.9. The Hall–Kier alpha value is -4.44. The number of ether oxygens (including phenoxy) is 1. The van der Waals surface area contributed by atoms with Crippen molar-refractivity contribution >= 4 is 40.6 Å². The number of nitrogens with zero attached hydrogens (tertiary/aromatic N) is 5. The lowest BCUT2D eigenvalue weighted by Gasteiger charge is -2.29. The minimum atomic E-state index is -0.281. The Bertz CT molecular complexity index is 1410. The van der Waals surface area contributed by atoms with Crippen LogP contribution >= 0.6 is 0 Å². The molecule has 3 heterocycles. The van der Waals surface area contributed by atoms with Crippen LogP contribution in [-0.2, 0) is 4.79 Å². The topological polar surface area (TPSA) is 103 Å². The number of methoxy groups -OCH3 is 1. The largest absolute Gasteiger partial charge is 0.495 e. The SMILES string of the molecule is C=CCC1CN(c2ccccc2)c2nc(Nc3ccc(C(=O)NC4CCN(C)CC4)cc3OC)ncc2N(C)C1=O. The zero-order chi connectivity index (χ0) is 28.9. The van der Waals surface area contributed by atoms with Gasteiger partial charge in [0.05, 0.1) is 24.9 Å². The van der Waals surface area contributed by atoms with E-state index in [2.05, 4.69) is 34.1 Å². The fourth-order valence-electron chi connectivity index (χ4n) is 5.33. The molecule has 10 nitrogen and oxygen atoms in total. The summed E-state index contributed by atoms with van der Waals surface area (Å²) in [5, 5.41) is 6.40. The van der Waals surface area contributed by atoms with Gasteiger partial charge in [0.25, 0.3) is 5.91 Å². The van der Waals surface area contributed by atoms with Crippen LogP contribution in [0.5, 0.6) is 5.75 Å². The molecule has 0 saturated carbocycles. The summed E-state index contributed by atoms with van der Waals surface area (Å²) >= 11 is 0. The Kier molecular flexibility index (Phi) is 8.49. The highest BCUT2D eigenvalue weighted by molar-refractivity contribution is 6.00. The number of anilines is 5. The zero-order valence-electron chi connectivity index (χ0n) is 23.8. The molecule has 2 aliphatic heterocycles. The van der Waals surface area contributed by atoms with Gasteiger partial charge in [-0.2, -0.15) is 4.98 Å². The van der Waals surface area contributed by atoms with E-state index in [9.17, 15) is 9.59 Å². The molecule has 3 aromatic rings. The fourth-order valence-corrected chi connectivity index (χ4v) is 5.33. The average Bonchev–Trinajstić information content (AvgIpc) is 3.09. The Morgan fingerprint density at radius 2 is 1.90 bits per heavy atom. The number of para-hydroxylation sites is 1. The standard InChI is InChI=1S/C31H37N7O3/c1-5-9-22-20-38(24-10-7-6-8-11-24)28-26(37(3)30(22)40)19-32-31(35-28)34-25-13-12-21(18-27(25)41-4)29(39)33-23-14-16-36(2)17-15-23/h5-8,10-13,18-19,22-23H,1,9,14-17,20H2,2-4H3,(H,33,39)(H,32,34,35). The molecule has 0 spiro atoms. The van der Waals surface area contributed by atoms with E-state index >= 15 is 0 Å². The van der Waals surface area contributed by atoms with Crippen LogP contribution in [0.4, 0.5) is 28.8 Å². The Labute approximate surface area is 241 Å². The first kappa shape index (κ1) is 28.1. The van der Waals surface area contributed by atoms with Gasteiger partial charge in [-0.25, -0.2) is 4.98 Å². The number of rotatable bonds is 8. The van der Waals surface area contributed by atoms with Crippen LogP contribution in [0.3, 0.4) is 0 Å². The quantitative estimate of drug-likeness (QED) is 0.396. The maximum atomic E-state index is 13.3. The Morgan fingerprint density at radius 3 is 2.61 bits per heavy atom. The third-order valence-corrected chi connectivity index (χ3v) is 7.73. The molecule has 1 unspecified atom stereocenters. The zero-order valence-corrected chi connectivity index (χ0v) is 23.8. The number of amides is 2. The third-order valence-electron chi connectivity index (χ3n) is 7.73. The number of piperidine rings is 1. The van der Waals surface area contributed by atoms with Crippen LogP contribution in [0.2, 0.25) is 0 Å². The molecule has 0 bridgehead atoms. The predicted octanol–water partition coefficient (Wildman–Crippen LogP) is 4.36. The van der Waals surface area contributed by atoms with Crippen LogP contribution in [0.25, 0.3) is 0 Å². The molecule has 0 radical (unpaired) electrons. The summed E-state index contributed by atoms with van der Waals surface area (Å²) in [5.74, 6) is 1.05. The van der Waals surface area contributed by atoms with Crippen molar-refractivity contribution in [2.45, 2.75) is 25.3 Å². The van der Waals surface area contributed by atoms with E-state index in [1.54, 1.807) is 49.5 Å². The first-order valence-electron chi connectivity index (χ1n) is 13.9. The van der Waals surface area contributed by atoms with E-state index < -0.39 is 0 Å². The van der Waals surface area contributed by atoms with Crippen molar-refractivity contribution in [3.8, 4) is 5.75 Å². The Balaban J connectivity index is 1.42. The van der Waals surface area contributed by atoms with Gasteiger partial charge in [0, 0.05) is 30.9 Å². The molecule has 1 saturated heterocycles. The minimum absolute atomic E-state index is 0.00956. The third kappa shape index (κ3) is 6.17. The fraction of sp³-hybridized carbons (Fsp3) is 0.355. The lowest BCUT2D eigenvalue weighted by Crippen LogP contribution is -2.43. The van der Waals surface area contributed by atoms with Gasteiger partial charge in [0.1, 0.15) is 11.4 Å². The molecule has 0 aliphatic carbocycles. The highest BCUT2D eigenvalue weighted by atomic mass is 16.5. The summed E-state index contributed by atoms with van der Waals surface area (Å²) in [4.78, 5) is 41.6. The lowest BCUT2D eigenvalue weighted by molar-refractivity contribution is -0.121. The first-order chi connectivity index (χ1) is 19.9. The summed E-state index contributed by atoms with van der Waals surface area (Å²) in [6.45, 7) is 6.24. The molecular weight excluding hydrogens is 518 g/mol. The maximum absolute atomic E-state index is 13.3. The van der Waals surface area contributed by atoms with Gasteiger partial charge in [0.2, 0.25) is 11.9 Å². The summed E-state index contributed by atoms with van der Waals surface area (Å²) < 4.78 is 5.63. The van der Waals surface area contributed by atoms with Crippen LogP contribution in [-0.4, -0.2) is 73.6 Å². The number of hydrogen-bond acceptors (Lipinski definition) is 8. The van der Waals surface area contributed by atoms with Crippen molar-refractivity contribution in [3.63, 3.8) is 0 Å². The summed E-state index contributed by atoms with van der Waals surface area (Å²) in [6.07, 6.45) is 5.85. The predicted molar refractivity (Wildman–Crippen MR) is 161 cm³/mol. The molecule has 1 fully saturated rings. The van der Waals surface area contributed by atoms with Crippen LogP contribution in [0, 0.1) is 5.92 Å². The van der Waals surface area contributed by atoms with E-state index in [0.29, 0.717) is 47.4 Å². The van der Waals surface area contributed by atoms with Gasteiger partial charge in [-0.15, -0.1) is 6.58 Å². The number of carbonyl (C=O) groups is 2. The molecule has 2 N–H and O–H groups in total. The monoisotopic (exact) mass is 555 g/mol. The molecule has 2 aliphatic rings. The number of aromatic nitrogens is 2. The smallest absolute Gasteiger partial charge is 0.251 e. The number of likely N-dealkylation sites (tertiary alicyclic amines) is 1. The second kappa shape index (κ2) is 12.4. The van der Waals surface area contributed by atoms with E-state index in [4.69, 9.17) is 9.72 Å². The summed E-state index contributed by atoms with van der Waals surface area (Å²) in [7, 11) is 5.41. The van der Waals surface area contributed by atoms with E-state index in [-0.39, 0.29) is 23.8 Å². The van der Waals surface area contributed by atoms with Crippen molar-refractivity contribution in [1.82, 2.24) is 20.2 Å². The second-order valence-electron chi connectivity index (χ2n) is 10.6. The van der Waals surface area contributed by atoms with Gasteiger partial charge in [-0.3, -0.25) is 9.59 Å². The van der Waals surface area contributed by atoms with E-state index in [1.165, 1.54) is 0 Å². The minimum Gasteiger partial charge on any atom is -0.495 e. The Morgan fingerprint density at radius 1 is 1.15 bits per heavy atom. The van der Waals surface area contributed by atoms with Crippen molar-refractivity contribution in [1.29, 1.82) is 0 Å². The van der Waals surface area contributed by atoms with E-state index in [0.717, 1.165) is 31.6 Å². The molecule has 1 aromatic heterocycles. The van der Waals surface area contributed by atoms with Crippen LogP contribution in [0.1, 0.15) is 29.6 Å². The number of nitrogens with one attached hydrogen (secondary N) is 2. The molecule has 41 heavy (non-hydrogen) atoms. The molecule has 2 aromatic carbocycles.